The number of amides is 2. The number of halogens is 1. The van der Waals surface area contributed by atoms with E-state index >= 15 is 0 Å². The quantitative estimate of drug-likeness (QED) is 0.577. The van der Waals surface area contributed by atoms with E-state index in [2.05, 4.69) is 21.2 Å². The molecule has 0 aliphatic carbocycles. The average Bonchev–Trinajstić information content (AvgIpc) is 3.13. The summed E-state index contributed by atoms with van der Waals surface area (Å²) < 4.78 is 1.41. The van der Waals surface area contributed by atoms with Crippen LogP contribution in [0.15, 0.2) is 33.8 Å². The molecule has 2 aliphatic heterocycles. The molecule has 10 heteroatoms. The number of carbonyl (C=O) groups is 3. The zero-order valence-corrected chi connectivity index (χ0v) is 17.9. The molecule has 1 aromatic heterocycles. The summed E-state index contributed by atoms with van der Waals surface area (Å²) in [4.78, 5) is 38.0. The van der Waals surface area contributed by atoms with Gasteiger partial charge in [-0.3, -0.25) is 14.5 Å². The van der Waals surface area contributed by atoms with Crippen molar-refractivity contribution in [3.05, 3.63) is 44.9 Å². The molecular weight excluding hydrogens is 466 g/mol. The van der Waals surface area contributed by atoms with E-state index in [0.29, 0.717) is 10.2 Å². The van der Waals surface area contributed by atoms with Crippen LogP contribution in [0, 0.1) is 6.92 Å². The van der Waals surface area contributed by atoms with Crippen molar-refractivity contribution in [1.82, 2.24) is 10.2 Å². The highest BCUT2D eigenvalue weighted by Crippen LogP contribution is 2.42. The second kappa shape index (κ2) is 7.18. The van der Waals surface area contributed by atoms with Gasteiger partial charge >= 0.3 is 5.97 Å². The third kappa shape index (κ3) is 2.95. The van der Waals surface area contributed by atoms with Crippen molar-refractivity contribution in [2.75, 3.05) is 5.75 Å². The molecular formula is C18H16BrN3O4S2. The number of nitrogens with zero attached hydrogens (tertiary/aromatic N) is 1. The minimum atomic E-state index is -1.17. The van der Waals surface area contributed by atoms with Crippen LogP contribution in [0.5, 0.6) is 0 Å². The standard InChI is InChI=1S/C18H16BrN3O4S2/c1-7-2-3-8-4-5-27-14(8)10(7)11(20)15(23)21-12-16(24)22-13(18(25)26)9(19)6-28-17(12)22/h2-5,11-12,17H,6,20H2,1H3,(H,21,23)(H,25,26)/t11?,12-,17-/m1/s1. The Labute approximate surface area is 177 Å². The predicted octanol–water partition coefficient (Wildman–Crippen LogP) is 2.30. The van der Waals surface area contributed by atoms with Crippen LogP contribution in [-0.4, -0.2) is 45.0 Å². The molecule has 1 saturated heterocycles. The minimum Gasteiger partial charge on any atom is -0.477 e. The van der Waals surface area contributed by atoms with Crippen LogP contribution in [0.3, 0.4) is 0 Å². The number of β-lactam (4-membered cyclic amide) rings is 1. The number of aryl methyl sites for hydroxylation is 1. The predicted molar refractivity (Wildman–Crippen MR) is 112 cm³/mol. The van der Waals surface area contributed by atoms with E-state index < -0.39 is 35.2 Å². The molecule has 0 saturated carbocycles. The molecule has 4 rings (SSSR count). The van der Waals surface area contributed by atoms with Gasteiger partial charge in [0, 0.05) is 14.9 Å². The first kappa shape index (κ1) is 19.4. The molecule has 2 aromatic rings. The lowest BCUT2D eigenvalue weighted by Crippen LogP contribution is -2.70. The van der Waals surface area contributed by atoms with Gasteiger partial charge in [-0.15, -0.1) is 23.1 Å². The summed E-state index contributed by atoms with van der Waals surface area (Å²) in [6.45, 7) is 1.90. The van der Waals surface area contributed by atoms with E-state index in [1.807, 2.05) is 30.5 Å². The van der Waals surface area contributed by atoms with E-state index in [-0.39, 0.29) is 5.70 Å². The van der Waals surface area contributed by atoms with Crippen molar-refractivity contribution in [1.29, 1.82) is 0 Å². The van der Waals surface area contributed by atoms with E-state index in [1.54, 1.807) is 0 Å². The lowest BCUT2D eigenvalue weighted by molar-refractivity contribution is -0.150. The SMILES string of the molecule is Cc1ccc2ccsc2c1C(N)C(=O)N[C@@H]1C(=O)N2C(C(=O)O)=C(Br)CS[C@H]12. The van der Waals surface area contributed by atoms with Crippen molar-refractivity contribution in [2.24, 2.45) is 5.73 Å². The number of carboxylic acid groups (broad SMARTS) is 1. The fraction of sp³-hybridized carbons (Fsp3) is 0.278. The van der Waals surface area contributed by atoms with Gasteiger partial charge in [0.15, 0.2) is 0 Å². The van der Waals surface area contributed by atoms with Crippen LogP contribution in [-0.2, 0) is 14.4 Å². The fourth-order valence-electron chi connectivity index (χ4n) is 3.50. The monoisotopic (exact) mass is 481 g/mol. The molecule has 0 spiro atoms. The second-order valence-corrected chi connectivity index (χ2v) is 9.55. The maximum absolute atomic E-state index is 12.8. The van der Waals surface area contributed by atoms with Crippen LogP contribution >= 0.6 is 39.0 Å². The zero-order valence-electron chi connectivity index (χ0n) is 14.6. The highest BCUT2D eigenvalue weighted by molar-refractivity contribution is 9.11. The number of thioether (sulfide) groups is 1. The van der Waals surface area contributed by atoms with E-state index in [4.69, 9.17) is 5.73 Å². The molecule has 7 nitrogen and oxygen atoms in total. The number of aliphatic carboxylic acids is 1. The Morgan fingerprint density at radius 1 is 1.39 bits per heavy atom. The number of thiophene rings is 1. The Kier molecular flexibility index (Phi) is 4.98. The summed E-state index contributed by atoms with van der Waals surface area (Å²) >= 11 is 6.13. The number of nitrogens with two attached hydrogens (primary N) is 1. The topological polar surface area (TPSA) is 113 Å². The maximum atomic E-state index is 12.8. The molecule has 0 radical (unpaired) electrons. The van der Waals surface area contributed by atoms with Crippen molar-refractivity contribution < 1.29 is 19.5 Å². The summed E-state index contributed by atoms with van der Waals surface area (Å²) in [5, 5.41) is 14.6. The molecule has 3 atom stereocenters. The Bertz CT molecular complexity index is 1050. The first-order valence-corrected chi connectivity index (χ1v) is 11.1. The summed E-state index contributed by atoms with van der Waals surface area (Å²) in [6.07, 6.45) is 0. The number of carbonyl (C=O) groups excluding carboxylic acids is 2. The number of nitrogens with one attached hydrogen (secondary N) is 1. The van der Waals surface area contributed by atoms with Crippen LogP contribution in [0.2, 0.25) is 0 Å². The van der Waals surface area contributed by atoms with Crippen LogP contribution < -0.4 is 11.1 Å². The molecule has 4 N–H and O–H groups in total. The summed E-state index contributed by atoms with van der Waals surface area (Å²) in [5.41, 5.74) is 7.85. The molecule has 2 amide bonds. The van der Waals surface area contributed by atoms with E-state index in [1.165, 1.54) is 28.0 Å². The highest BCUT2D eigenvalue weighted by atomic mass is 79.9. The van der Waals surface area contributed by atoms with E-state index in [0.717, 1.165) is 21.2 Å². The molecule has 3 heterocycles. The molecule has 1 fully saturated rings. The van der Waals surface area contributed by atoms with Gasteiger partial charge in [-0.25, -0.2) is 4.79 Å². The van der Waals surface area contributed by atoms with Crippen LogP contribution in [0.25, 0.3) is 10.1 Å². The summed E-state index contributed by atoms with van der Waals surface area (Å²) in [6, 6.07) is 4.17. The van der Waals surface area contributed by atoms with Gasteiger partial charge in [0.2, 0.25) is 5.91 Å². The van der Waals surface area contributed by atoms with Crippen LogP contribution in [0.4, 0.5) is 0 Å². The van der Waals surface area contributed by atoms with Gasteiger partial charge in [-0.2, -0.15) is 0 Å². The third-order valence-corrected chi connectivity index (χ3v) is 8.16. The Balaban J connectivity index is 1.55. The number of fused-ring (bicyclic) bond motifs is 2. The Morgan fingerprint density at radius 2 is 2.14 bits per heavy atom. The molecule has 1 aromatic carbocycles. The minimum absolute atomic E-state index is 0.0669. The zero-order chi connectivity index (χ0) is 20.2. The maximum Gasteiger partial charge on any atom is 0.353 e. The van der Waals surface area contributed by atoms with Gasteiger partial charge in [-0.1, -0.05) is 28.1 Å². The van der Waals surface area contributed by atoms with Crippen molar-refractivity contribution in [3.63, 3.8) is 0 Å². The van der Waals surface area contributed by atoms with Crippen molar-refractivity contribution in [3.8, 4) is 0 Å². The molecule has 28 heavy (non-hydrogen) atoms. The number of benzene rings is 1. The average molecular weight is 482 g/mol. The fourth-order valence-corrected chi connectivity index (χ4v) is 6.48. The normalized spacial score (nSPS) is 22.7. The summed E-state index contributed by atoms with van der Waals surface area (Å²) in [7, 11) is 0. The largest absolute Gasteiger partial charge is 0.477 e. The summed E-state index contributed by atoms with van der Waals surface area (Å²) in [5.74, 6) is -1.65. The van der Waals surface area contributed by atoms with Gasteiger partial charge < -0.3 is 16.2 Å². The van der Waals surface area contributed by atoms with Gasteiger partial charge in [0.25, 0.3) is 5.91 Å². The molecule has 146 valence electrons. The highest BCUT2D eigenvalue weighted by Gasteiger charge is 2.54. The van der Waals surface area contributed by atoms with Crippen molar-refractivity contribution >= 4 is 66.9 Å². The second-order valence-electron chi connectivity index (χ2n) is 6.57. The number of hydrogen-bond donors (Lipinski definition) is 3. The lowest BCUT2D eigenvalue weighted by Gasteiger charge is -2.49. The smallest absolute Gasteiger partial charge is 0.353 e. The van der Waals surface area contributed by atoms with Gasteiger partial charge in [-0.05, 0) is 34.9 Å². The van der Waals surface area contributed by atoms with Gasteiger partial charge in [0.05, 0.1) is 0 Å². The third-order valence-electron chi connectivity index (χ3n) is 4.89. The molecule has 1 unspecified atom stereocenters. The lowest BCUT2D eigenvalue weighted by atomic mass is 9.98. The Hall–Kier alpha value is -1.88. The molecule has 0 bridgehead atoms. The Morgan fingerprint density at radius 3 is 2.86 bits per heavy atom. The molecule has 2 aliphatic rings. The number of hydrogen-bond acceptors (Lipinski definition) is 6. The van der Waals surface area contributed by atoms with Crippen LogP contribution in [0.1, 0.15) is 17.2 Å². The first-order chi connectivity index (χ1) is 13.3. The van der Waals surface area contributed by atoms with Crippen molar-refractivity contribution in [2.45, 2.75) is 24.4 Å². The van der Waals surface area contributed by atoms with E-state index in [9.17, 15) is 19.5 Å². The number of rotatable bonds is 4. The number of carboxylic acids is 1. The first-order valence-electron chi connectivity index (χ1n) is 8.40. The van der Waals surface area contributed by atoms with Gasteiger partial charge in [0.1, 0.15) is 23.2 Å².